The number of carbonyl (C=O) groups is 4. The number of unbranched alkanes of at least 4 members (excludes halogenated alkanes) is 3. The van der Waals surface area contributed by atoms with Gasteiger partial charge in [-0.3, -0.25) is 9.80 Å². The summed E-state index contributed by atoms with van der Waals surface area (Å²) < 4.78 is 17.4. The van der Waals surface area contributed by atoms with Crippen LogP contribution < -0.4 is 10.2 Å². The number of carboxylic acids is 2. The molecule has 2 aromatic carbocycles. The minimum Gasteiger partial charge on any atom is -0.477 e. The van der Waals surface area contributed by atoms with Gasteiger partial charge in [-0.05, 0) is 104 Å². The van der Waals surface area contributed by atoms with Gasteiger partial charge in [0.05, 0.1) is 51.0 Å². The summed E-state index contributed by atoms with van der Waals surface area (Å²) in [4.78, 5) is 56.2. The Labute approximate surface area is 419 Å². The van der Waals surface area contributed by atoms with Crippen LogP contribution in [0.1, 0.15) is 87.6 Å². The molecule has 1 aliphatic rings. The Bertz CT molecular complexity index is 2060. The number of aryl methyl sites for hydroxylation is 2. The van der Waals surface area contributed by atoms with E-state index in [4.69, 9.17) is 19.3 Å². The van der Waals surface area contributed by atoms with Crippen LogP contribution in [0.3, 0.4) is 0 Å². The van der Waals surface area contributed by atoms with Crippen LogP contribution in [0, 0.1) is 0 Å². The summed E-state index contributed by atoms with van der Waals surface area (Å²) in [6.45, 7) is 8.18. The third kappa shape index (κ3) is 25.7. The SMILES string of the molecule is CN1Cc2ccccc2CCc2ccccc21.CNCCCCCSCCCOCCN(CCOCCOCCN(CCO)Cc1cccc(C(=O)O)n1)Cc1cccc(C(=O)O)n1.O=CCCC=O. The van der Waals surface area contributed by atoms with E-state index in [1.54, 1.807) is 18.2 Å². The number of aliphatic hydroxyl groups excluding tert-OH is 1. The van der Waals surface area contributed by atoms with Crippen LogP contribution in [-0.4, -0.2) is 164 Å². The molecule has 4 N–H and O–H groups in total. The second-order valence-electron chi connectivity index (χ2n) is 16.5. The zero-order valence-corrected chi connectivity index (χ0v) is 42.1. The van der Waals surface area contributed by atoms with Gasteiger partial charge in [0.2, 0.25) is 0 Å². The molecule has 2 aromatic heterocycles. The number of nitrogens with one attached hydrogen (secondary N) is 1. The fraction of sp³-hybridized carbons (Fsp3) is 0.509. The molecular weight excluding hydrogens is 913 g/mol. The van der Waals surface area contributed by atoms with E-state index < -0.39 is 11.9 Å². The summed E-state index contributed by atoms with van der Waals surface area (Å²) in [5.74, 6) is 0.154. The van der Waals surface area contributed by atoms with Crippen molar-refractivity contribution >= 4 is 42.0 Å². The average molecular weight is 989 g/mol. The molecule has 1 aliphatic heterocycles. The van der Waals surface area contributed by atoms with Crippen LogP contribution in [0.25, 0.3) is 0 Å². The number of aromatic carboxylic acids is 2. The van der Waals surface area contributed by atoms with Crippen LogP contribution in [0.5, 0.6) is 0 Å². The zero-order chi connectivity index (χ0) is 50.4. The van der Waals surface area contributed by atoms with E-state index in [9.17, 15) is 29.4 Å². The number of ether oxygens (including phenoxy) is 3. The Kier molecular flexibility index (Phi) is 31.9. The van der Waals surface area contributed by atoms with E-state index in [1.165, 1.54) is 59.5 Å². The lowest BCUT2D eigenvalue weighted by molar-refractivity contribution is -0.112. The number of para-hydroxylation sites is 1. The molecule has 0 radical (unpaired) electrons. The molecule has 4 aromatic rings. The molecule has 0 amide bonds. The average Bonchev–Trinajstić information content (AvgIpc) is 3.36. The van der Waals surface area contributed by atoms with E-state index in [0.717, 1.165) is 50.7 Å². The van der Waals surface area contributed by atoms with Gasteiger partial charge < -0.3 is 49.3 Å². The van der Waals surface area contributed by atoms with Crippen molar-refractivity contribution in [1.82, 2.24) is 25.1 Å². The molecule has 0 unspecified atom stereocenters. The zero-order valence-electron chi connectivity index (χ0n) is 41.3. The first kappa shape index (κ1) is 59.2. The first-order valence-corrected chi connectivity index (χ1v) is 25.5. The Balaban J connectivity index is 0.000000454. The second-order valence-corrected chi connectivity index (χ2v) is 17.8. The number of nitrogens with zero attached hydrogens (tertiary/aromatic N) is 5. The number of aliphatic hydroxyl groups is 1. The minimum absolute atomic E-state index is 0.0113. The van der Waals surface area contributed by atoms with Gasteiger partial charge in [-0.15, -0.1) is 0 Å². The van der Waals surface area contributed by atoms with E-state index in [0.29, 0.717) is 103 Å². The number of aldehydes is 2. The maximum absolute atomic E-state index is 11.4. The summed E-state index contributed by atoms with van der Waals surface area (Å²) in [5, 5.41) is 31.1. The van der Waals surface area contributed by atoms with Gasteiger partial charge >= 0.3 is 11.9 Å². The number of hydrogen-bond donors (Lipinski definition) is 4. The number of pyridine rings is 2. The third-order valence-corrected chi connectivity index (χ3v) is 12.2. The molecule has 0 bridgehead atoms. The molecule has 3 heterocycles. The number of carboxylic acid groups (broad SMARTS) is 2. The predicted octanol–water partition coefficient (Wildman–Crippen LogP) is 6.32. The van der Waals surface area contributed by atoms with Gasteiger partial charge in [0.15, 0.2) is 0 Å². The number of hydrogen-bond acceptors (Lipinski definition) is 15. The maximum atomic E-state index is 11.4. The molecule has 70 heavy (non-hydrogen) atoms. The Hall–Kier alpha value is -5.11. The molecule has 0 saturated heterocycles. The quantitative estimate of drug-likeness (QED) is 0.0305. The topological polar surface area (TPSA) is 204 Å². The number of anilines is 1. The molecule has 0 fully saturated rings. The van der Waals surface area contributed by atoms with Gasteiger partial charge in [0.25, 0.3) is 0 Å². The van der Waals surface area contributed by atoms with Crippen LogP contribution in [0.15, 0.2) is 84.9 Å². The molecule has 0 saturated carbocycles. The number of benzene rings is 2. The molecule has 5 rings (SSSR count). The van der Waals surface area contributed by atoms with Crippen molar-refractivity contribution in [1.29, 1.82) is 0 Å². The van der Waals surface area contributed by atoms with E-state index in [2.05, 4.69) is 80.7 Å². The van der Waals surface area contributed by atoms with Gasteiger partial charge in [0.1, 0.15) is 24.0 Å². The highest BCUT2D eigenvalue weighted by Crippen LogP contribution is 2.27. The van der Waals surface area contributed by atoms with Crippen molar-refractivity contribution in [3.05, 3.63) is 124 Å². The van der Waals surface area contributed by atoms with Gasteiger partial charge in [-0.1, -0.05) is 61.0 Å². The normalized spacial score (nSPS) is 11.9. The lowest BCUT2D eigenvalue weighted by atomic mass is 9.96. The van der Waals surface area contributed by atoms with Crippen molar-refractivity contribution in [2.24, 2.45) is 0 Å². The molecule has 0 atom stereocenters. The van der Waals surface area contributed by atoms with Crippen LogP contribution in [0.2, 0.25) is 0 Å². The number of thioether (sulfide) groups is 1. The Morgan fingerprint density at radius 1 is 0.643 bits per heavy atom. The summed E-state index contributed by atoms with van der Waals surface area (Å²) >= 11 is 1.98. The largest absolute Gasteiger partial charge is 0.477 e. The summed E-state index contributed by atoms with van der Waals surface area (Å²) in [7, 11) is 4.17. The smallest absolute Gasteiger partial charge is 0.354 e. The van der Waals surface area contributed by atoms with Crippen molar-refractivity contribution < 1.29 is 48.7 Å². The molecule has 384 valence electrons. The van der Waals surface area contributed by atoms with Crippen molar-refractivity contribution in [3.8, 4) is 0 Å². The highest BCUT2D eigenvalue weighted by Gasteiger charge is 2.15. The predicted molar refractivity (Wildman–Crippen MR) is 276 cm³/mol. The summed E-state index contributed by atoms with van der Waals surface area (Å²) in [5.41, 5.74) is 7.10. The number of fused-ring (bicyclic) bond motifs is 2. The van der Waals surface area contributed by atoms with Gasteiger partial charge in [-0.25, -0.2) is 19.6 Å². The van der Waals surface area contributed by atoms with Crippen LogP contribution >= 0.6 is 11.8 Å². The number of aromatic nitrogens is 2. The Morgan fingerprint density at radius 2 is 1.16 bits per heavy atom. The van der Waals surface area contributed by atoms with E-state index >= 15 is 0 Å². The van der Waals surface area contributed by atoms with Crippen LogP contribution in [-0.2, 0) is 56.3 Å². The third-order valence-electron chi connectivity index (χ3n) is 11.1. The van der Waals surface area contributed by atoms with Gasteiger partial charge in [-0.2, -0.15) is 11.8 Å². The maximum Gasteiger partial charge on any atom is 0.354 e. The first-order chi connectivity index (χ1) is 34.2. The molecule has 17 heteroatoms. The van der Waals surface area contributed by atoms with Crippen LogP contribution in [0.4, 0.5) is 5.69 Å². The van der Waals surface area contributed by atoms with Crippen molar-refractivity contribution in [2.75, 3.05) is 109 Å². The molecule has 0 spiro atoms. The minimum atomic E-state index is -1.08. The fourth-order valence-corrected chi connectivity index (χ4v) is 8.30. The molecule has 0 aliphatic carbocycles. The fourth-order valence-electron chi connectivity index (χ4n) is 7.36. The molecule has 16 nitrogen and oxygen atoms in total. The Morgan fingerprint density at radius 3 is 1.71 bits per heavy atom. The highest BCUT2D eigenvalue weighted by molar-refractivity contribution is 7.99. The lowest BCUT2D eigenvalue weighted by Crippen LogP contribution is -2.32. The van der Waals surface area contributed by atoms with Crippen molar-refractivity contribution in [2.45, 2.75) is 71.0 Å². The highest BCUT2D eigenvalue weighted by atomic mass is 32.2. The number of carbonyl (C=O) groups excluding carboxylic acids is 2. The standard InChI is InChI=1S/C33H53N5O8S.C16H17N.C4H6O2/c1-34-12-3-2-4-24-47-25-7-18-44-19-15-38(27-29-9-6-11-31(36-29)33(42)43)16-21-46-23-22-45-20-14-37(13-17-39)26-28-8-5-10-30(35-28)32(40)41;1-17-12-15-8-3-2-6-13(15)10-11-14-7-4-5-9-16(14)17;5-3-1-2-4-6/h5-6,8-11,34,39H,2-4,7,12-27H2,1H3,(H,40,41)(H,42,43);2-9H,10-12H2,1H3;3-4H,1-2H2. The van der Waals surface area contributed by atoms with E-state index in [1.807, 2.05) is 29.8 Å². The first-order valence-electron chi connectivity index (χ1n) is 24.3. The second kappa shape index (κ2) is 37.7. The lowest BCUT2D eigenvalue weighted by Gasteiger charge is -2.26. The molecular formula is C53H76N6O10S. The summed E-state index contributed by atoms with van der Waals surface area (Å²) in [6, 6.07) is 27.4. The van der Waals surface area contributed by atoms with Crippen molar-refractivity contribution in [3.63, 3.8) is 0 Å². The van der Waals surface area contributed by atoms with E-state index in [-0.39, 0.29) is 18.0 Å². The number of rotatable bonds is 33. The monoisotopic (exact) mass is 989 g/mol. The van der Waals surface area contributed by atoms with Gasteiger partial charge in [0, 0.05) is 78.0 Å². The summed E-state index contributed by atoms with van der Waals surface area (Å²) in [6.07, 6.45) is 9.23.